The minimum Gasteiger partial charge on any atom is -0.345 e. The van der Waals surface area contributed by atoms with Gasteiger partial charge in [0, 0.05) is 5.56 Å². The SMILES string of the molecule is Cc1nc(-c2ccc3nc[nH]c3c2)sc1Cl. The molecule has 0 atom stereocenters. The Morgan fingerprint density at radius 1 is 1.38 bits per heavy atom. The number of aryl methyl sites for hydroxylation is 1. The number of nitrogens with one attached hydrogen (secondary N) is 1. The van der Waals surface area contributed by atoms with Crippen LogP contribution in [0.3, 0.4) is 0 Å². The Bertz CT molecular complexity index is 637. The minimum absolute atomic E-state index is 0.750. The van der Waals surface area contributed by atoms with Crippen LogP contribution in [-0.2, 0) is 0 Å². The van der Waals surface area contributed by atoms with E-state index in [2.05, 4.69) is 15.0 Å². The Hall–Kier alpha value is -1.39. The summed E-state index contributed by atoms with van der Waals surface area (Å²) in [7, 11) is 0. The van der Waals surface area contributed by atoms with Gasteiger partial charge in [-0.15, -0.1) is 11.3 Å². The molecule has 0 spiro atoms. The molecule has 16 heavy (non-hydrogen) atoms. The van der Waals surface area contributed by atoms with Gasteiger partial charge in [-0.3, -0.25) is 0 Å². The van der Waals surface area contributed by atoms with Gasteiger partial charge < -0.3 is 4.98 Å². The maximum atomic E-state index is 6.01. The predicted molar refractivity (Wildman–Crippen MR) is 66.9 cm³/mol. The fourth-order valence-corrected chi connectivity index (χ4v) is 2.62. The lowest BCUT2D eigenvalue weighted by atomic mass is 10.2. The molecule has 80 valence electrons. The zero-order valence-corrected chi connectivity index (χ0v) is 10.1. The molecule has 0 aliphatic heterocycles. The predicted octanol–water partition coefficient (Wildman–Crippen LogP) is 3.65. The van der Waals surface area contributed by atoms with E-state index in [0.29, 0.717) is 0 Å². The van der Waals surface area contributed by atoms with E-state index < -0.39 is 0 Å². The van der Waals surface area contributed by atoms with Gasteiger partial charge in [-0.25, -0.2) is 9.97 Å². The number of rotatable bonds is 1. The summed E-state index contributed by atoms with van der Waals surface area (Å²) in [6.45, 7) is 1.91. The third kappa shape index (κ3) is 1.50. The van der Waals surface area contributed by atoms with E-state index >= 15 is 0 Å². The van der Waals surface area contributed by atoms with E-state index in [0.717, 1.165) is 31.6 Å². The third-order valence-corrected chi connectivity index (χ3v) is 3.91. The summed E-state index contributed by atoms with van der Waals surface area (Å²) in [6.07, 6.45) is 1.69. The maximum absolute atomic E-state index is 6.01. The van der Waals surface area contributed by atoms with Crippen molar-refractivity contribution in [2.75, 3.05) is 0 Å². The van der Waals surface area contributed by atoms with Gasteiger partial charge in [0.05, 0.1) is 23.1 Å². The zero-order chi connectivity index (χ0) is 11.1. The molecule has 2 aromatic heterocycles. The van der Waals surface area contributed by atoms with Crippen molar-refractivity contribution in [1.29, 1.82) is 0 Å². The first-order valence-electron chi connectivity index (χ1n) is 4.80. The Morgan fingerprint density at radius 2 is 2.25 bits per heavy atom. The molecular weight excluding hydrogens is 242 g/mol. The summed E-state index contributed by atoms with van der Waals surface area (Å²) in [4.78, 5) is 11.7. The van der Waals surface area contributed by atoms with Gasteiger partial charge in [0.15, 0.2) is 0 Å². The molecule has 0 aliphatic carbocycles. The van der Waals surface area contributed by atoms with Gasteiger partial charge in [-0.05, 0) is 25.1 Å². The molecule has 0 aliphatic rings. The molecule has 5 heteroatoms. The van der Waals surface area contributed by atoms with Crippen LogP contribution < -0.4 is 0 Å². The number of halogens is 1. The summed E-state index contributed by atoms with van der Waals surface area (Å²) in [6, 6.07) is 6.03. The lowest BCUT2D eigenvalue weighted by molar-refractivity contribution is 1.27. The second kappa shape index (κ2) is 3.57. The summed E-state index contributed by atoms with van der Waals surface area (Å²) >= 11 is 7.51. The molecule has 0 fully saturated rings. The van der Waals surface area contributed by atoms with Crippen molar-refractivity contribution in [2.45, 2.75) is 6.92 Å². The highest BCUT2D eigenvalue weighted by molar-refractivity contribution is 7.19. The van der Waals surface area contributed by atoms with E-state index in [-0.39, 0.29) is 0 Å². The van der Waals surface area contributed by atoms with E-state index in [4.69, 9.17) is 11.6 Å². The summed E-state index contributed by atoms with van der Waals surface area (Å²) in [5, 5.41) is 0.944. The fourth-order valence-electron chi connectivity index (χ4n) is 1.57. The Balaban J connectivity index is 2.17. The molecule has 1 N–H and O–H groups in total. The van der Waals surface area contributed by atoms with Crippen LogP contribution in [0.4, 0.5) is 0 Å². The van der Waals surface area contributed by atoms with E-state index in [1.165, 1.54) is 11.3 Å². The highest BCUT2D eigenvalue weighted by Gasteiger charge is 2.08. The standard InChI is InChI=1S/C11H8ClN3S/c1-6-10(12)16-11(15-6)7-2-3-8-9(4-7)14-5-13-8/h2-5H,1H3,(H,13,14). The van der Waals surface area contributed by atoms with Crippen LogP contribution in [0, 0.1) is 6.92 Å². The molecule has 0 amide bonds. The molecule has 0 radical (unpaired) electrons. The lowest BCUT2D eigenvalue weighted by Gasteiger charge is -1.95. The van der Waals surface area contributed by atoms with Gasteiger partial charge in [0.1, 0.15) is 9.34 Å². The van der Waals surface area contributed by atoms with Crippen LogP contribution in [-0.4, -0.2) is 15.0 Å². The van der Waals surface area contributed by atoms with Crippen LogP contribution in [0.1, 0.15) is 5.69 Å². The van der Waals surface area contributed by atoms with Crippen LogP contribution in [0.15, 0.2) is 24.5 Å². The van der Waals surface area contributed by atoms with E-state index in [1.807, 2.05) is 25.1 Å². The number of aromatic amines is 1. The molecule has 2 heterocycles. The van der Waals surface area contributed by atoms with Gasteiger partial charge in [0.2, 0.25) is 0 Å². The molecule has 3 aromatic rings. The Morgan fingerprint density at radius 3 is 3.00 bits per heavy atom. The Labute approximate surface area is 101 Å². The van der Waals surface area contributed by atoms with Crippen molar-refractivity contribution < 1.29 is 0 Å². The molecule has 0 bridgehead atoms. The van der Waals surface area contributed by atoms with E-state index in [1.54, 1.807) is 6.33 Å². The molecule has 1 aromatic carbocycles. The number of hydrogen-bond acceptors (Lipinski definition) is 3. The van der Waals surface area contributed by atoms with Crippen LogP contribution >= 0.6 is 22.9 Å². The van der Waals surface area contributed by atoms with Crippen LogP contribution in [0.25, 0.3) is 21.6 Å². The third-order valence-electron chi connectivity index (χ3n) is 2.41. The smallest absolute Gasteiger partial charge is 0.125 e. The van der Waals surface area contributed by atoms with Crippen molar-refractivity contribution in [3.8, 4) is 10.6 Å². The van der Waals surface area contributed by atoms with Crippen molar-refractivity contribution in [3.63, 3.8) is 0 Å². The number of imidazole rings is 1. The first kappa shape index (κ1) is 9.81. The highest BCUT2D eigenvalue weighted by atomic mass is 35.5. The second-order valence-electron chi connectivity index (χ2n) is 3.51. The molecular formula is C11H8ClN3S. The lowest BCUT2D eigenvalue weighted by Crippen LogP contribution is -1.77. The number of hydrogen-bond donors (Lipinski definition) is 1. The number of fused-ring (bicyclic) bond motifs is 1. The van der Waals surface area contributed by atoms with Crippen LogP contribution in [0.2, 0.25) is 4.34 Å². The zero-order valence-electron chi connectivity index (χ0n) is 8.49. The first-order valence-corrected chi connectivity index (χ1v) is 6.00. The molecule has 3 nitrogen and oxygen atoms in total. The number of thiazole rings is 1. The quantitative estimate of drug-likeness (QED) is 0.715. The second-order valence-corrected chi connectivity index (χ2v) is 5.11. The van der Waals surface area contributed by atoms with Crippen LogP contribution in [0.5, 0.6) is 0 Å². The summed E-state index contributed by atoms with van der Waals surface area (Å²) in [5.41, 5.74) is 3.92. The van der Waals surface area contributed by atoms with Gasteiger partial charge in [0.25, 0.3) is 0 Å². The molecule has 0 saturated heterocycles. The molecule has 0 saturated carbocycles. The number of aromatic nitrogens is 3. The van der Waals surface area contributed by atoms with Crippen molar-refractivity contribution in [1.82, 2.24) is 15.0 Å². The van der Waals surface area contributed by atoms with Gasteiger partial charge >= 0.3 is 0 Å². The number of benzene rings is 1. The monoisotopic (exact) mass is 249 g/mol. The minimum atomic E-state index is 0.750. The normalized spacial score (nSPS) is 11.1. The van der Waals surface area contributed by atoms with Crippen molar-refractivity contribution in [2.24, 2.45) is 0 Å². The maximum Gasteiger partial charge on any atom is 0.125 e. The average molecular weight is 250 g/mol. The van der Waals surface area contributed by atoms with E-state index in [9.17, 15) is 0 Å². The summed E-state index contributed by atoms with van der Waals surface area (Å²) < 4.78 is 0.750. The fraction of sp³-hybridized carbons (Fsp3) is 0.0909. The summed E-state index contributed by atoms with van der Waals surface area (Å²) in [5.74, 6) is 0. The largest absolute Gasteiger partial charge is 0.345 e. The number of nitrogens with zero attached hydrogens (tertiary/aromatic N) is 2. The number of H-pyrrole nitrogens is 1. The average Bonchev–Trinajstić information content (AvgIpc) is 2.85. The first-order chi connectivity index (χ1) is 7.74. The topological polar surface area (TPSA) is 41.6 Å². The Kier molecular flexibility index (Phi) is 2.19. The van der Waals surface area contributed by atoms with Gasteiger partial charge in [-0.1, -0.05) is 11.6 Å². The highest BCUT2D eigenvalue weighted by Crippen LogP contribution is 2.32. The van der Waals surface area contributed by atoms with Crippen molar-refractivity contribution in [3.05, 3.63) is 34.6 Å². The van der Waals surface area contributed by atoms with Crippen molar-refractivity contribution >= 4 is 34.0 Å². The van der Waals surface area contributed by atoms with Gasteiger partial charge in [-0.2, -0.15) is 0 Å². The molecule has 3 rings (SSSR count). The molecule has 0 unspecified atom stereocenters.